The average molecular weight is 380 g/mol. The number of ether oxygens (including phenoxy) is 4. The SMILES string of the molecule is C=C1C2OC(OC)C3C1CC(OC(C)=O)C3(CI)O2. The van der Waals surface area contributed by atoms with Crippen LogP contribution in [-0.4, -0.2) is 41.8 Å². The molecular formula is C13H17IO5. The summed E-state index contributed by atoms with van der Waals surface area (Å²) in [7, 11) is 1.63. The van der Waals surface area contributed by atoms with Crippen molar-refractivity contribution in [3.8, 4) is 0 Å². The molecule has 4 aliphatic rings. The van der Waals surface area contributed by atoms with Gasteiger partial charge in [0.05, 0.1) is 5.92 Å². The first kappa shape index (κ1) is 13.8. The van der Waals surface area contributed by atoms with E-state index in [1.165, 1.54) is 6.92 Å². The standard InChI is InChI=1S/C13H17IO5/c1-6-8-4-9(17-7(2)15)13(5-14)10(8)12(16-3)18-11(6)19-13/h8-12H,1,4-5H2,2-3H3. The first-order valence-electron chi connectivity index (χ1n) is 6.31. The summed E-state index contributed by atoms with van der Waals surface area (Å²) in [6, 6.07) is 0. The largest absolute Gasteiger partial charge is 0.459 e. The predicted molar refractivity (Wildman–Crippen MR) is 74.7 cm³/mol. The lowest BCUT2D eigenvalue weighted by molar-refractivity contribution is -0.367. The first-order chi connectivity index (χ1) is 9.03. The van der Waals surface area contributed by atoms with Gasteiger partial charge in [-0.2, -0.15) is 0 Å². The van der Waals surface area contributed by atoms with Gasteiger partial charge in [-0.1, -0.05) is 29.2 Å². The molecule has 106 valence electrons. The second-order valence-electron chi connectivity index (χ2n) is 5.32. The number of halogens is 1. The van der Waals surface area contributed by atoms with Crippen molar-refractivity contribution >= 4 is 28.6 Å². The van der Waals surface area contributed by atoms with E-state index >= 15 is 0 Å². The summed E-state index contributed by atoms with van der Waals surface area (Å²) in [5.74, 6) is -0.00504. The van der Waals surface area contributed by atoms with Crippen LogP contribution in [0.2, 0.25) is 0 Å². The Bertz CT molecular complexity index is 425. The smallest absolute Gasteiger partial charge is 0.303 e. The maximum absolute atomic E-state index is 11.3. The van der Waals surface area contributed by atoms with E-state index in [1.54, 1.807) is 7.11 Å². The van der Waals surface area contributed by atoms with Gasteiger partial charge in [0.2, 0.25) is 0 Å². The third-order valence-electron chi connectivity index (χ3n) is 4.42. The molecule has 0 spiro atoms. The van der Waals surface area contributed by atoms with Gasteiger partial charge in [0.1, 0.15) is 11.7 Å². The fraction of sp³-hybridized carbons (Fsp3) is 0.769. The van der Waals surface area contributed by atoms with Gasteiger partial charge in [0.15, 0.2) is 12.6 Å². The Balaban J connectivity index is 1.99. The second kappa shape index (κ2) is 4.68. The van der Waals surface area contributed by atoms with Crippen molar-refractivity contribution in [1.82, 2.24) is 0 Å². The molecule has 4 rings (SSSR count). The second-order valence-corrected chi connectivity index (χ2v) is 6.08. The molecule has 0 radical (unpaired) electrons. The Labute approximate surface area is 125 Å². The minimum atomic E-state index is -0.512. The molecule has 0 aromatic rings. The van der Waals surface area contributed by atoms with E-state index in [1.807, 2.05) is 0 Å². The number of fused-ring (bicyclic) bond motifs is 1. The molecule has 6 heteroatoms. The summed E-state index contributed by atoms with van der Waals surface area (Å²) in [6.07, 6.45) is -0.272. The summed E-state index contributed by atoms with van der Waals surface area (Å²) in [6.45, 7) is 5.51. The molecular weight excluding hydrogens is 363 g/mol. The Kier molecular flexibility index (Phi) is 3.40. The Morgan fingerprint density at radius 2 is 2.37 bits per heavy atom. The molecule has 19 heavy (non-hydrogen) atoms. The molecule has 5 nitrogen and oxygen atoms in total. The van der Waals surface area contributed by atoms with Crippen LogP contribution in [0.4, 0.5) is 0 Å². The summed E-state index contributed by atoms with van der Waals surface area (Å²) in [5.41, 5.74) is 0.426. The normalized spacial score (nSPS) is 47.5. The van der Waals surface area contributed by atoms with Crippen LogP contribution in [0, 0.1) is 11.8 Å². The topological polar surface area (TPSA) is 54.0 Å². The minimum Gasteiger partial charge on any atom is -0.459 e. The molecule has 4 bridgehead atoms. The van der Waals surface area contributed by atoms with E-state index in [0.29, 0.717) is 0 Å². The molecule has 0 amide bonds. The minimum absolute atomic E-state index is 0.0382. The highest BCUT2D eigenvalue weighted by atomic mass is 127. The van der Waals surface area contributed by atoms with Gasteiger partial charge in [-0.25, -0.2) is 0 Å². The number of alkyl halides is 1. The average Bonchev–Trinajstić information content (AvgIpc) is 2.66. The highest BCUT2D eigenvalue weighted by Gasteiger charge is 2.69. The quantitative estimate of drug-likeness (QED) is 0.323. The predicted octanol–water partition coefficient (Wildman–Crippen LogP) is 1.64. The third kappa shape index (κ3) is 1.80. The van der Waals surface area contributed by atoms with E-state index in [2.05, 4.69) is 29.2 Å². The van der Waals surface area contributed by atoms with Crippen LogP contribution in [-0.2, 0) is 23.7 Å². The van der Waals surface area contributed by atoms with E-state index in [9.17, 15) is 4.79 Å². The maximum atomic E-state index is 11.3. The van der Waals surface area contributed by atoms with Crippen molar-refractivity contribution in [3.63, 3.8) is 0 Å². The number of hydrogen-bond acceptors (Lipinski definition) is 5. The van der Waals surface area contributed by atoms with Gasteiger partial charge in [0, 0.05) is 18.5 Å². The zero-order valence-corrected chi connectivity index (χ0v) is 13.1. The molecule has 4 fully saturated rings. The molecule has 0 N–H and O–H groups in total. The van der Waals surface area contributed by atoms with Crippen molar-refractivity contribution < 1.29 is 23.7 Å². The van der Waals surface area contributed by atoms with Crippen molar-refractivity contribution in [3.05, 3.63) is 12.2 Å². The lowest BCUT2D eigenvalue weighted by Gasteiger charge is -2.53. The van der Waals surface area contributed by atoms with Crippen molar-refractivity contribution in [2.45, 2.75) is 37.6 Å². The number of rotatable bonds is 3. The van der Waals surface area contributed by atoms with Gasteiger partial charge in [-0.3, -0.25) is 4.79 Å². The molecule has 1 saturated carbocycles. The third-order valence-corrected chi connectivity index (χ3v) is 5.61. The zero-order valence-electron chi connectivity index (χ0n) is 10.9. The monoisotopic (exact) mass is 380 g/mol. The van der Waals surface area contributed by atoms with E-state index in [0.717, 1.165) is 16.4 Å². The number of carbonyl (C=O) groups excluding carboxylic acids is 1. The summed E-state index contributed by atoms with van der Waals surface area (Å²) in [5, 5.41) is 0. The van der Waals surface area contributed by atoms with Crippen LogP contribution in [0.5, 0.6) is 0 Å². The molecule has 3 aliphatic heterocycles. The molecule has 3 heterocycles. The number of esters is 1. The zero-order chi connectivity index (χ0) is 13.8. The fourth-order valence-corrected chi connectivity index (χ4v) is 4.80. The molecule has 3 saturated heterocycles. The van der Waals surface area contributed by atoms with Crippen LogP contribution >= 0.6 is 22.6 Å². The molecule has 6 atom stereocenters. The van der Waals surface area contributed by atoms with E-state index < -0.39 is 11.9 Å². The van der Waals surface area contributed by atoms with Gasteiger partial charge < -0.3 is 18.9 Å². The fourth-order valence-electron chi connectivity index (χ4n) is 3.62. The van der Waals surface area contributed by atoms with E-state index in [4.69, 9.17) is 18.9 Å². The molecule has 1 aliphatic carbocycles. The highest BCUT2D eigenvalue weighted by molar-refractivity contribution is 14.1. The molecule has 0 aromatic heterocycles. The molecule has 0 aromatic carbocycles. The van der Waals surface area contributed by atoms with Crippen LogP contribution < -0.4 is 0 Å². The summed E-state index contributed by atoms with van der Waals surface area (Å²) < 4.78 is 23.5. The van der Waals surface area contributed by atoms with Crippen LogP contribution in [0.3, 0.4) is 0 Å². The first-order valence-corrected chi connectivity index (χ1v) is 7.84. The van der Waals surface area contributed by atoms with Crippen molar-refractivity contribution in [2.75, 3.05) is 11.5 Å². The van der Waals surface area contributed by atoms with Crippen molar-refractivity contribution in [1.29, 1.82) is 0 Å². The maximum Gasteiger partial charge on any atom is 0.303 e. The van der Waals surface area contributed by atoms with Crippen LogP contribution in [0.15, 0.2) is 12.2 Å². The van der Waals surface area contributed by atoms with E-state index in [-0.39, 0.29) is 30.2 Å². The Morgan fingerprint density at radius 3 is 2.95 bits per heavy atom. The van der Waals surface area contributed by atoms with Gasteiger partial charge in [-0.15, -0.1) is 0 Å². The van der Waals surface area contributed by atoms with Gasteiger partial charge in [-0.05, 0) is 17.9 Å². The van der Waals surface area contributed by atoms with Crippen LogP contribution in [0.25, 0.3) is 0 Å². The number of hydrogen-bond donors (Lipinski definition) is 0. The van der Waals surface area contributed by atoms with Gasteiger partial charge >= 0.3 is 5.97 Å². The lowest BCUT2D eigenvalue weighted by Crippen LogP contribution is -2.64. The summed E-state index contributed by atoms with van der Waals surface area (Å²) in [4.78, 5) is 11.3. The lowest BCUT2D eigenvalue weighted by atomic mass is 9.77. The summed E-state index contributed by atoms with van der Waals surface area (Å²) >= 11 is 2.28. The number of methoxy groups -OCH3 is 1. The van der Waals surface area contributed by atoms with Crippen LogP contribution in [0.1, 0.15) is 13.3 Å². The highest BCUT2D eigenvalue weighted by Crippen LogP contribution is 2.59. The Morgan fingerprint density at radius 1 is 1.63 bits per heavy atom. The Hall–Kier alpha value is -0.180. The van der Waals surface area contributed by atoms with Gasteiger partial charge in [0.25, 0.3) is 0 Å². The van der Waals surface area contributed by atoms with Crippen molar-refractivity contribution in [2.24, 2.45) is 11.8 Å². The molecule has 6 unspecified atom stereocenters. The number of carbonyl (C=O) groups is 1.